The molecule has 4 aromatic heterocycles. The van der Waals surface area contributed by atoms with Crippen LogP contribution in [-0.4, -0.2) is 9.97 Å². The van der Waals surface area contributed by atoms with Crippen LogP contribution in [0, 0.1) is 32.9 Å². The van der Waals surface area contributed by atoms with E-state index in [1.165, 1.54) is 26.8 Å². The molecule has 0 bridgehead atoms. The van der Waals surface area contributed by atoms with Crippen molar-refractivity contribution < 1.29 is 24.5 Å². The molecule has 0 saturated heterocycles. The molecule has 3 aromatic carbocycles. The van der Waals surface area contributed by atoms with Crippen molar-refractivity contribution in [3.8, 4) is 22.5 Å². The largest absolute Gasteiger partial charge is 0.500 e. The SMILES string of the molecule is Cc1ccnc(-c2[c-]ccc3c2oc2c4ccsc4ccc32)c1.Cc1cnc(-c2[c-]cccc2)cc1C.[Ir]. The zero-order chi connectivity index (χ0) is 25.4. The van der Waals surface area contributed by atoms with E-state index in [0.29, 0.717) is 0 Å². The summed E-state index contributed by atoms with van der Waals surface area (Å²) in [5.74, 6) is 0. The average Bonchev–Trinajstić information content (AvgIpc) is 3.56. The minimum atomic E-state index is 0. The second kappa shape index (κ2) is 11.0. The molecule has 3 nitrogen and oxygen atoms in total. The van der Waals surface area contributed by atoms with E-state index in [0.717, 1.165) is 44.5 Å². The van der Waals surface area contributed by atoms with Gasteiger partial charge in [0.15, 0.2) is 0 Å². The van der Waals surface area contributed by atoms with Crippen LogP contribution >= 0.6 is 11.3 Å². The molecule has 0 saturated carbocycles. The van der Waals surface area contributed by atoms with Crippen LogP contribution in [0.5, 0.6) is 0 Å². The Balaban J connectivity index is 0.000000170. The molecule has 4 heterocycles. The van der Waals surface area contributed by atoms with Crippen molar-refractivity contribution in [1.82, 2.24) is 9.97 Å². The first-order valence-electron chi connectivity index (χ1n) is 12.1. The van der Waals surface area contributed by atoms with Gasteiger partial charge in [0.25, 0.3) is 0 Å². The van der Waals surface area contributed by atoms with Crippen LogP contribution < -0.4 is 0 Å². The van der Waals surface area contributed by atoms with E-state index >= 15 is 0 Å². The van der Waals surface area contributed by atoms with Gasteiger partial charge in [0.1, 0.15) is 5.58 Å². The maximum absolute atomic E-state index is 6.28. The summed E-state index contributed by atoms with van der Waals surface area (Å²) in [5, 5.41) is 5.54. The molecule has 0 aliphatic heterocycles. The van der Waals surface area contributed by atoms with Gasteiger partial charge in [-0.2, -0.15) is 0 Å². The fourth-order valence-corrected chi connectivity index (χ4v) is 5.22. The number of furan rings is 1. The summed E-state index contributed by atoms with van der Waals surface area (Å²) in [6.07, 6.45) is 3.74. The number of pyridine rings is 2. The third-order valence-electron chi connectivity index (χ3n) is 6.56. The van der Waals surface area contributed by atoms with Crippen LogP contribution in [-0.2, 0) is 20.1 Å². The Morgan fingerprint density at radius 1 is 0.737 bits per heavy atom. The van der Waals surface area contributed by atoms with Crippen LogP contribution in [0.1, 0.15) is 16.7 Å². The summed E-state index contributed by atoms with van der Waals surface area (Å²) >= 11 is 1.73. The maximum Gasteiger partial charge on any atom is 0.129 e. The van der Waals surface area contributed by atoms with E-state index in [4.69, 9.17) is 4.42 Å². The molecule has 0 aliphatic carbocycles. The number of hydrogen-bond acceptors (Lipinski definition) is 4. The van der Waals surface area contributed by atoms with Gasteiger partial charge in [-0.1, -0.05) is 40.3 Å². The first-order valence-corrected chi connectivity index (χ1v) is 13.0. The predicted molar refractivity (Wildman–Crippen MR) is 154 cm³/mol. The van der Waals surface area contributed by atoms with Crippen molar-refractivity contribution in [1.29, 1.82) is 0 Å². The first-order chi connectivity index (χ1) is 18.1. The number of rotatable bonds is 2. The van der Waals surface area contributed by atoms with Crippen molar-refractivity contribution in [2.45, 2.75) is 20.8 Å². The summed E-state index contributed by atoms with van der Waals surface area (Å²) in [7, 11) is 0. The van der Waals surface area contributed by atoms with Gasteiger partial charge in [-0.3, -0.25) is 0 Å². The number of benzene rings is 3. The van der Waals surface area contributed by atoms with Crippen molar-refractivity contribution in [2.75, 3.05) is 0 Å². The molecule has 0 aliphatic rings. The third kappa shape index (κ3) is 4.93. The van der Waals surface area contributed by atoms with Gasteiger partial charge < -0.3 is 14.4 Å². The predicted octanol–water partition coefficient (Wildman–Crippen LogP) is 9.13. The summed E-state index contributed by atoms with van der Waals surface area (Å²) in [6, 6.07) is 31.0. The molecule has 0 spiro atoms. The third-order valence-corrected chi connectivity index (χ3v) is 7.44. The zero-order valence-electron chi connectivity index (χ0n) is 21.2. The number of aryl methyl sites for hydroxylation is 3. The monoisotopic (exact) mass is 689 g/mol. The second-order valence-electron chi connectivity index (χ2n) is 9.12. The molecule has 38 heavy (non-hydrogen) atoms. The van der Waals surface area contributed by atoms with Gasteiger partial charge >= 0.3 is 0 Å². The van der Waals surface area contributed by atoms with E-state index < -0.39 is 0 Å². The normalized spacial score (nSPS) is 10.8. The fourth-order valence-electron chi connectivity index (χ4n) is 4.43. The number of nitrogens with zero attached hydrogens (tertiary/aromatic N) is 2. The molecule has 7 aromatic rings. The Morgan fingerprint density at radius 3 is 2.39 bits per heavy atom. The van der Waals surface area contributed by atoms with Crippen molar-refractivity contribution in [2.24, 2.45) is 0 Å². The van der Waals surface area contributed by atoms with Crippen molar-refractivity contribution in [3.63, 3.8) is 0 Å². The number of thiophene rings is 1. The molecule has 0 unspecified atom stereocenters. The van der Waals surface area contributed by atoms with E-state index in [9.17, 15) is 0 Å². The average molecular weight is 689 g/mol. The van der Waals surface area contributed by atoms with Crippen LogP contribution in [0.4, 0.5) is 0 Å². The summed E-state index contributed by atoms with van der Waals surface area (Å²) in [6.45, 7) is 6.24. The van der Waals surface area contributed by atoms with Gasteiger partial charge in [0, 0.05) is 48.0 Å². The van der Waals surface area contributed by atoms with E-state index in [1.54, 1.807) is 11.3 Å². The molecule has 0 amide bonds. The minimum Gasteiger partial charge on any atom is -0.500 e. The molecular formula is C33H24IrN2OS-2. The molecule has 7 rings (SSSR count). The van der Waals surface area contributed by atoms with Crippen LogP contribution in [0.25, 0.3) is 54.5 Å². The molecule has 1 radical (unpaired) electrons. The Labute approximate surface area is 239 Å². The van der Waals surface area contributed by atoms with E-state index in [2.05, 4.69) is 84.7 Å². The minimum absolute atomic E-state index is 0. The van der Waals surface area contributed by atoms with E-state index in [1.807, 2.05) is 48.8 Å². The smallest absolute Gasteiger partial charge is 0.129 e. The van der Waals surface area contributed by atoms with Gasteiger partial charge in [-0.05, 0) is 61.3 Å². The van der Waals surface area contributed by atoms with Gasteiger partial charge in [0.2, 0.25) is 0 Å². The van der Waals surface area contributed by atoms with Gasteiger partial charge in [-0.15, -0.1) is 65.4 Å². The van der Waals surface area contributed by atoms with Crippen LogP contribution in [0.2, 0.25) is 0 Å². The number of hydrogen-bond donors (Lipinski definition) is 0. The second-order valence-corrected chi connectivity index (χ2v) is 10.1. The Kier molecular flexibility index (Phi) is 7.53. The standard InChI is InChI=1S/C20H12NOS.C13H12N.Ir/c1-12-7-9-21-17(11-12)15-4-2-3-13-14-5-6-18-16(8-10-23-18)20(14)22-19(13)15;1-10-8-13(14-9-11(10)2)12-6-4-3-5-7-12;/h2-3,5-11H,1H3;3-6,8-9H,1-2H3;/q2*-1;. The Bertz CT molecular complexity index is 1870. The molecular weight excluding hydrogens is 665 g/mol. The Morgan fingerprint density at radius 2 is 1.61 bits per heavy atom. The molecule has 0 fully saturated rings. The summed E-state index contributed by atoms with van der Waals surface area (Å²) in [5.41, 5.74) is 9.35. The quantitative estimate of drug-likeness (QED) is 0.170. The van der Waals surface area contributed by atoms with Gasteiger partial charge in [-0.25, -0.2) is 0 Å². The molecule has 0 N–H and O–H groups in total. The van der Waals surface area contributed by atoms with Gasteiger partial charge in [0.05, 0.1) is 5.58 Å². The van der Waals surface area contributed by atoms with E-state index in [-0.39, 0.29) is 20.1 Å². The van der Waals surface area contributed by atoms with Crippen LogP contribution in [0.15, 0.2) is 95.0 Å². The molecule has 0 atom stereocenters. The maximum atomic E-state index is 6.28. The van der Waals surface area contributed by atoms with Crippen LogP contribution in [0.3, 0.4) is 0 Å². The summed E-state index contributed by atoms with van der Waals surface area (Å²) < 4.78 is 7.53. The number of fused-ring (bicyclic) bond motifs is 5. The summed E-state index contributed by atoms with van der Waals surface area (Å²) in [4.78, 5) is 8.87. The van der Waals surface area contributed by atoms with Crippen molar-refractivity contribution >= 4 is 43.4 Å². The zero-order valence-corrected chi connectivity index (χ0v) is 24.4. The Hall–Kier alpha value is -3.63. The molecule has 5 heteroatoms. The first kappa shape index (κ1) is 26.0. The topological polar surface area (TPSA) is 38.9 Å². The number of aromatic nitrogens is 2. The van der Waals surface area contributed by atoms with Crippen molar-refractivity contribution in [3.05, 3.63) is 119 Å². The fraction of sp³-hybridized carbons (Fsp3) is 0.0909. The molecule has 189 valence electrons.